The molecule has 1 aromatic carbocycles. The third kappa shape index (κ3) is 1.89. The predicted molar refractivity (Wildman–Crippen MR) is 68.5 cm³/mol. The van der Waals surface area contributed by atoms with E-state index in [-0.39, 0.29) is 5.54 Å². The Balaban J connectivity index is 2.49. The Labute approximate surface area is 98.0 Å². The zero-order valence-corrected chi connectivity index (χ0v) is 10.8. The number of hydrogen-bond donors (Lipinski definition) is 1. The topological polar surface area (TPSA) is 21.3 Å². The van der Waals surface area contributed by atoms with Crippen molar-refractivity contribution < 1.29 is 4.74 Å². The minimum Gasteiger partial charge on any atom is -0.496 e. The smallest absolute Gasteiger partial charge is 0.123 e. The van der Waals surface area contributed by atoms with Crippen molar-refractivity contribution in [1.29, 1.82) is 0 Å². The highest BCUT2D eigenvalue weighted by molar-refractivity contribution is 5.62. The summed E-state index contributed by atoms with van der Waals surface area (Å²) in [6.07, 6.45) is 1.17. The first-order chi connectivity index (χ1) is 7.43. The van der Waals surface area contributed by atoms with Crippen LogP contribution in [0.5, 0.6) is 5.75 Å². The van der Waals surface area contributed by atoms with Gasteiger partial charge in [0.15, 0.2) is 0 Å². The molecular formula is C14H21NO. The van der Waals surface area contributed by atoms with Crippen LogP contribution in [0.3, 0.4) is 0 Å². The van der Waals surface area contributed by atoms with E-state index in [2.05, 4.69) is 45.1 Å². The zero-order chi connectivity index (χ0) is 11.9. The molecule has 0 saturated carbocycles. The van der Waals surface area contributed by atoms with Gasteiger partial charge in [-0.25, -0.2) is 0 Å². The van der Waals surface area contributed by atoms with Gasteiger partial charge in [-0.05, 0) is 44.2 Å². The summed E-state index contributed by atoms with van der Waals surface area (Å²) in [7, 11) is 1.73. The molecule has 1 N–H and O–H groups in total. The minimum absolute atomic E-state index is 0.173. The highest BCUT2D eigenvalue weighted by Gasteiger charge is 2.29. The van der Waals surface area contributed by atoms with E-state index in [0.717, 1.165) is 5.75 Å². The third-order valence-electron chi connectivity index (χ3n) is 3.39. The second-order valence-corrected chi connectivity index (χ2v) is 5.52. The van der Waals surface area contributed by atoms with E-state index in [1.165, 1.54) is 23.2 Å². The molecule has 2 nitrogen and oxygen atoms in total. The van der Waals surface area contributed by atoms with Gasteiger partial charge in [0.05, 0.1) is 7.11 Å². The third-order valence-corrected chi connectivity index (χ3v) is 3.39. The van der Waals surface area contributed by atoms with Crippen molar-refractivity contribution in [2.45, 2.75) is 45.6 Å². The molecule has 1 aliphatic rings. The van der Waals surface area contributed by atoms with Gasteiger partial charge in [-0.15, -0.1) is 0 Å². The molecule has 0 aromatic heterocycles. The largest absolute Gasteiger partial charge is 0.496 e. The molecule has 2 heteroatoms. The van der Waals surface area contributed by atoms with Crippen molar-refractivity contribution >= 4 is 5.69 Å². The number of hydrogen-bond acceptors (Lipinski definition) is 2. The van der Waals surface area contributed by atoms with E-state index >= 15 is 0 Å². The maximum Gasteiger partial charge on any atom is 0.123 e. The van der Waals surface area contributed by atoms with Gasteiger partial charge in [0.2, 0.25) is 0 Å². The Morgan fingerprint density at radius 3 is 2.69 bits per heavy atom. The van der Waals surface area contributed by atoms with Crippen LogP contribution < -0.4 is 10.1 Å². The van der Waals surface area contributed by atoms with Crippen LogP contribution in [-0.4, -0.2) is 12.6 Å². The summed E-state index contributed by atoms with van der Waals surface area (Å²) < 4.78 is 5.37. The molecule has 2 rings (SSSR count). The Kier molecular flexibility index (Phi) is 2.61. The van der Waals surface area contributed by atoms with Crippen LogP contribution in [0, 0.1) is 6.92 Å². The first-order valence-corrected chi connectivity index (χ1v) is 5.89. The van der Waals surface area contributed by atoms with Crippen molar-refractivity contribution in [2.75, 3.05) is 12.4 Å². The Morgan fingerprint density at radius 2 is 2.06 bits per heavy atom. The van der Waals surface area contributed by atoms with Crippen LogP contribution in [0.25, 0.3) is 0 Å². The molecule has 0 amide bonds. The lowest BCUT2D eigenvalue weighted by Crippen LogP contribution is -2.36. The molecule has 0 spiro atoms. The van der Waals surface area contributed by atoms with E-state index in [1.54, 1.807) is 7.11 Å². The Bertz CT molecular complexity index is 409. The molecule has 1 aliphatic heterocycles. The summed E-state index contributed by atoms with van der Waals surface area (Å²) in [6.45, 7) is 8.90. The molecule has 0 fully saturated rings. The molecule has 0 bridgehead atoms. The maximum atomic E-state index is 5.37. The molecule has 0 saturated heterocycles. The average Bonchev–Trinajstić information content (AvgIpc) is 2.17. The van der Waals surface area contributed by atoms with Gasteiger partial charge in [-0.2, -0.15) is 0 Å². The second-order valence-electron chi connectivity index (χ2n) is 5.52. The normalized spacial score (nSPS) is 22.2. The number of methoxy groups -OCH3 is 1. The molecule has 1 heterocycles. The van der Waals surface area contributed by atoms with Crippen molar-refractivity contribution in [3.63, 3.8) is 0 Å². The summed E-state index contributed by atoms with van der Waals surface area (Å²) in [5, 5.41) is 3.59. The van der Waals surface area contributed by atoms with Crippen molar-refractivity contribution in [3.8, 4) is 5.75 Å². The van der Waals surface area contributed by atoms with Gasteiger partial charge in [-0.1, -0.05) is 13.0 Å². The van der Waals surface area contributed by atoms with Crippen LogP contribution >= 0.6 is 0 Å². The fraction of sp³-hybridized carbons (Fsp3) is 0.571. The molecule has 1 aromatic rings. The summed E-state index contributed by atoms with van der Waals surface area (Å²) in [6, 6.07) is 4.38. The van der Waals surface area contributed by atoms with E-state index in [9.17, 15) is 0 Å². The number of aryl methyl sites for hydroxylation is 1. The monoisotopic (exact) mass is 219 g/mol. The molecule has 16 heavy (non-hydrogen) atoms. The summed E-state index contributed by atoms with van der Waals surface area (Å²) >= 11 is 0. The van der Waals surface area contributed by atoms with Crippen LogP contribution in [0.4, 0.5) is 5.69 Å². The SMILES string of the molecule is COc1cc2c(cc1C)C(C)CC(C)(C)N2. The van der Waals surface area contributed by atoms with Gasteiger partial charge in [0, 0.05) is 17.3 Å². The Hall–Kier alpha value is -1.18. The zero-order valence-electron chi connectivity index (χ0n) is 10.8. The van der Waals surface area contributed by atoms with E-state index in [1.807, 2.05) is 0 Å². The van der Waals surface area contributed by atoms with Crippen LogP contribution in [-0.2, 0) is 0 Å². The lowest BCUT2D eigenvalue weighted by Gasteiger charge is -2.38. The number of rotatable bonds is 1. The molecule has 0 aliphatic carbocycles. The number of benzene rings is 1. The lowest BCUT2D eigenvalue weighted by atomic mass is 9.81. The van der Waals surface area contributed by atoms with Gasteiger partial charge >= 0.3 is 0 Å². The van der Waals surface area contributed by atoms with Crippen LogP contribution in [0.2, 0.25) is 0 Å². The first kappa shape index (κ1) is 11.3. The number of fused-ring (bicyclic) bond motifs is 1. The summed E-state index contributed by atoms with van der Waals surface area (Å²) in [5.74, 6) is 1.58. The predicted octanol–water partition coefficient (Wildman–Crippen LogP) is 3.70. The first-order valence-electron chi connectivity index (χ1n) is 5.89. The highest BCUT2D eigenvalue weighted by atomic mass is 16.5. The molecule has 0 radical (unpaired) electrons. The fourth-order valence-corrected chi connectivity index (χ4v) is 2.74. The standard InChI is InChI=1S/C14H21NO/c1-9-6-11-10(2)8-14(3,4)15-12(11)7-13(9)16-5/h6-7,10,15H,8H2,1-5H3. The summed E-state index contributed by atoms with van der Waals surface area (Å²) in [5.41, 5.74) is 4.03. The Morgan fingerprint density at radius 1 is 1.38 bits per heavy atom. The second kappa shape index (κ2) is 3.69. The maximum absolute atomic E-state index is 5.37. The van der Waals surface area contributed by atoms with Gasteiger partial charge < -0.3 is 10.1 Å². The molecule has 1 atom stereocenters. The van der Waals surface area contributed by atoms with Gasteiger partial charge in [0.25, 0.3) is 0 Å². The van der Waals surface area contributed by atoms with Gasteiger partial charge in [-0.3, -0.25) is 0 Å². The lowest BCUT2D eigenvalue weighted by molar-refractivity contribution is 0.409. The van der Waals surface area contributed by atoms with E-state index < -0.39 is 0 Å². The van der Waals surface area contributed by atoms with Crippen molar-refractivity contribution in [3.05, 3.63) is 23.3 Å². The van der Waals surface area contributed by atoms with Crippen LogP contribution in [0.15, 0.2) is 12.1 Å². The molecular weight excluding hydrogens is 198 g/mol. The van der Waals surface area contributed by atoms with Crippen molar-refractivity contribution in [1.82, 2.24) is 0 Å². The number of anilines is 1. The summed E-state index contributed by atoms with van der Waals surface area (Å²) in [4.78, 5) is 0. The van der Waals surface area contributed by atoms with E-state index in [4.69, 9.17) is 4.74 Å². The fourth-order valence-electron chi connectivity index (χ4n) is 2.74. The van der Waals surface area contributed by atoms with Crippen LogP contribution in [0.1, 0.15) is 44.2 Å². The van der Waals surface area contributed by atoms with Crippen molar-refractivity contribution in [2.24, 2.45) is 0 Å². The highest BCUT2D eigenvalue weighted by Crippen LogP contribution is 2.41. The van der Waals surface area contributed by atoms with Gasteiger partial charge in [0.1, 0.15) is 5.75 Å². The minimum atomic E-state index is 0.173. The van der Waals surface area contributed by atoms with E-state index in [0.29, 0.717) is 5.92 Å². The molecule has 88 valence electrons. The number of ether oxygens (including phenoxy) is 1. The number of nitrogens with one attached hydrogen (secondary N) is 1. The quantitative estimate of drug-likeness (QED) is 0.777. The average molecular weight is 219 g/mol. The molecule has 1 unspecified atom stereocenters.